The molecule has 0 spiro atoms. The maximum atomic E-state index is 12.5. The van der Waals surface area contributed by atoms with E-state index in [1.165, 1.54) is 0 Å². The van der Waals surface area contributed by atoms with Gasteiger partial charge in [-0.25, -0.2) is 0 Å². The molecular formula is C17H27NO3. The lowest BCUT2D eigenvalue weighted by Gasteiger charge is -2.26. The SMILES string of the molecule is CCCCOc1ccc(C(=O)N(CCCO)C(C)C)cc1. The van der Waals surface area contributed by atoms with Gasteiger partial charge in [-0.1, -0.05) is 13.3 Å². The second-order valence-electron chi connectivity index (χ2n) is 5.40. The summed E-state index contributed by atoms with van der Waals surface area (Å²) < 4.78 is 5.60. The third kappa shape index (κ3) is 5.76. The molecule has 0 saturated carbocycles. The molecule has 0 aliphatic heterocycles. The highest BCUT2D eigenvalue weighted by Gasteiger charge is 2.18. The second kappa shape index (κ2) is 9.40. The van der Waals surface area contributed by atoms with Gasteiger partial charge in [-0.2, -0.15) is 0 Å². The molecule has 0 radical (unpaired) electrons. The van der Waals surface area contributed by atoms with Crippen LogP contribution in [0.4, 0.5) is 0 Å². The van der Waals surface area contributed by atoms with Crippen molar-refractivity contribution in [3.05, 3.63) is 29.8 Å². The number of unbranched alkanes of at least 4 members (excludes halogenated alkanes) is 1. The molecule has 1 rings (SSSR count). The van der Waals surface area contributed by atoms with Crippen LogP contribution < -0.4 is 4.74 Å². The molecule has 0 heterocycles. The Hall–Kier alpha value is -1.55. The average molecular weight is 293 g/mol. The van der Waals surface area contributed by atoms with Crippen LogP contribution in [0.25, 0.3) is 0 Å². The number of nitrogens with zero attached hydrogens (tertiary/aromatic N) is 1. The zero-order chi connectivity index (χ0) is 15.7. The fraction of sp³-hybridized carbons (Fsp3) is 0.588. The highest BCUT2D eigenvalue weighted by atomic mass is 16.5. The fourth-order valence-corrected chi connectivity index (χ4v) is 2.03. The van der Waals surface area contributed by atoms with Crippen LogP contribution in [0.15, 0.2) is 24.3 Å². The first-order chi connectivity index (χ1) is 10.1. The van der Waals surface area contributed by atoms with E-state index in [4.69, 9.17) is 9.84 Å². The molecule has 21 heavy (non-hydrogen) atoms. The molecule has 1 amide bonds. The van der Waals surface area contributed by atoms with Crippen molar-refractivity contribution in [3.63, 3.8) is 0 Å². The van der Waals surface area contributed by atoms with Crippen LogP contribution in [0.5, 0.6) is 5.75 Å². The Labute approximate surface area is 127 Å². The summed E-state index contributed by atoms with van der Waals surface area (Å²) >= 11 is 0. The van der Waals surface area contributed by atoms with Gasteiger partial charge in [0.25, 0.3) is 5.91 Å². The number of rotatable bonds is 9. The number of aliphatic hydroxyl groups excluding tert-OH is 1. The number of ether oxygens (including phenoxy) is 1. The van der Waals surface area contributed by atoms with E-state index in [1.807, 2.05) is 26.0 Å². The fourth-order valence-electron chi connectivity index (χ4n) is 2.03. The van der Waals surface area contributed by atoms with Crippen molar-refractivity contribution in [2.45, 2.75) is 46.1 Å². The van der Waals surface area contributed by atoms with Crippen molar-refractivity contribution in [1.82, 2.24) is 4.90 Å². The van der Waals surface area contributed by atoms with Gasteiger partial charge in [0, 0.05) is 24.8 Å². The standard InChI is InChI=1S/C17H27NO3/c1-4-5-13-21-16-9-7-15(8-10-16)17(20)18(14(2)3)11-6-12-19/h7-10,14,19H,4-6,11-13H2,1-3H3. The first-order valence-corrected chi connectivity index (χ1v) is 7.74. The topological polar surface area (TPSA) is 49.8 Å². The predicted octanol–water partition coefficient (Wildman–Crippen LogP) is 3.10. The van der Waals surface area contributed by atoms with Crippen LogP contribution in [0, 0.1) is 0 Å². The van der Waals surface area contributed by atoms with Crippen molar-refractivity contribution in [2.75, 3.05) is 19.8 Å². The molecule has 0 aromatic heterocycles. The highest BCUT2D eigenvalue weighted by Crippen LogP contribution is 2.15. The van der Waals surface area contributed by atoms with E-state index in [9.17, 15) is 4.79 Å². The van der Waals surface area contributed by atoms with Gasteiger partial charge in [-0.15, -0.1) is 0 Å². The first kappa shape index (κ1) is 17.5. The van der Waals surface area contributed by atoms with Crippen LogP contribution in [-0.4, -0.2) is 41.7 Å². The molecule has 0 saturated heterocycles. The summed E-state index contributed by atoms with van der Waals surface area (Å²) in [6.07, 6.45) is 2.73. The largest absolute Gasteiger partial charge is 0.494 e. The Bertz CT molecular complexity index is 415. The summed E-state index contributed by atoms with van der Waals surface area (Å²) in [6, 6.07) is 7.40. The van der Waals surface area contributed by atoms with E-state index in [2.05, 4.69) is 6.92 Å². The third-order valence-electron chi connectivity index (χ3n) is 3.31. The molecule has 4 nitrogen and oxygen atoms in total. The van der Waals surface area contributed by atoms with Gasteiger partial charge in [0.2, 0.25) is 0 Å². The van der Waals surface area contributed by atoms with Crippen molar-refractivity contribution in [2.24, 2.45) is 0 Å². The van der Waals surface area contributed by atoms with Gasteiger partial charge in [0.05, 0.1) is 6.61 Å². The number of carbonyl (C=O) groups is 1. The van der Waals surface area contributed by atoms with E-state index in [1.54, 1.807) is 17.0 Å². The summed E-state index contributed by atoms with van der Waals surface area (Å²) in [5.41, 5.74) is 0.657. The van der Waals surface area contributed by atoms with Crippen LogP contribution >= 0.6 is 0 Å². The zero-order valence-electron chi connectivity index (χ0n) is 13.3. The number of amides is 1. The normalized spacial score (nSPS) is 10.7. The van der Waals surface area contributed by atoms with Gasteiger partial charge >= 0.3 is 0 Å². The Morgan fingerprint density at radius 3 is 2.43 bits per heavy atom. The molecule has 1 N–H and O–H groups in total. The van der Waals surface area contributed by atoms with Crippen molar-refractivity contribution >= 4 is 5.91 Å². The third-order valence-corrected chi connectivity index (χ3v) is 3.31. The molecule has 1 aromatic carbocycles. The first-order valence-electron chi connectivity index (χ1n) is 7.74. The monoisotopic (exact) mass is 293 g/mol. The van der Waals surface area contributed by atoms with Crippen LogP contribution in [-0.2, 0) is 0 Å². The predicted molar refractivity (Wildman–Crippen MR) is 84.7 cm³/mol. The lowest BCUT2D eigenvalue weighted by Crippen LogP contribution is -2.38. The molecule has 4 heteroatoms. The molecule has 0 unspecified atom stereocenters. The zero-order valence-corrected chi connectivity index (χ0v) is 13.3. The average Bonchev–Trinajstić information content (AvgIpc) is 2.48. The lowest BCUT2D eigenvalue weighted by molar-refractivity contribution is 0.0693. The van der Waals surface area contributed by atoms with Gasteiger partial charge < -0.3 is 14.7 Å². The molecule has 0 fully saturated rings. The Morgan fingerprint density at radius 1 is 1.24 bits per heavy atom. The second-order valence-corrected chi connectivity index (χ2v) is 5.40. The Kier molecular flexibility index (Phi) is 7.83. The lowest BCUT2D eigenvalue weighted by atomic mass is 10.1. The van der Waals surface area contributed by atoms with Crippen LogP contribution in [0.1, 0.15) is 50.4 Å². The Balaban J connectivity index is 2.67. The number of hydrogen-bond donors (Lipinski definition) is 1. The quantitative estimate of drug-likeness (QED) is 0.712. The molecule has 0 aliphatic rings. The van der Waals surface area contributed by atoms with E-state index in [-0.39, 0.29) is 18.6 Å². The van der Waals surface area contributed by atoms with Crippen molar-refractivity contribution in [3.8, 4) is 5.75 Å². The minimum absolute atomic E-state index is 0.00134. The van der Waals surface area contributed by atoms with Crippen molar-refractivity contribution in [1.29, 1.82) is 0 Å². The maximum absolute atomic E-state index is 12.5. The summed E-state index contributed by atoms with van der Waals surface area (Å²) in [5, 5.41) is 8.93. The molecule has 118 valence electrons. The molecule has 0 bridgehead atoms. The van der Waals surface area contributed by atoms with E-state index in [0.29, 0.717) is 25.1 Å². The molecule has 1 aromatic rings. The van der Waals surface area contributed by atoms with Crippen molar-refractivity contribution < 1.29 is 14.6 Å². The molecule has 0 aliphatic carbocycles. The number of carbonyl (C=O) groups excluding carboxylic acids is 1. The molecular weight excluding hydrogens is 266 g/mol. The smallest absolute Gasteiger partial charge is 0.254 e. The number of aliphatic hydroxyl groups is 1. The minimum Gasteiger partial charge on any atom is -0.494 e. The van der Waals surface area contributed by atoms with Gasteiger partial charge in [0.15, 0.2) is 0 Å². The van der Waals surface area contributed by atoms with Crippen LogP contribution in [0.3, 0.4) is 0 Å². The van der Waals surface area contributed by atoms with E-state index < -0.39 is 0 Å². The minimum atomic E-state index is -0.00134. The summed E-state index contributed by atoms with van der Waals surface area (Å²) in [5.74, 6) is 0.796. The highest BCUT2D eigenvalue weighted by molar-refractivity contribution is 5.94. The number of hydrogen-bond acceptors (Lipinski definition) is 3. The van der Waals surface area contributed by atoms with Gasteiger partial charge in [-0.3, -0.25) is 4.79 Å². The summed E-state index contributed by atoms with van der Waals surface area (Å²) in [6.45, 7) is 7.47. The summed E-state index contributed by atoms with van der Waals surface area (Å²) in [7, 11) is 0. The Morgan fingerprint density at radius 2 is 1.90 bits per heavy atom. The van der Waals surface area contributed by atoms with E-state index >= 15 is 0 Å². The maximum Gasteiger partial charge on any atom is 0.254 e. The molecule has 0 atom stereocenters. The number of benzene rings is 1. The summed E-state index contributed by atoms with van der Waals surface area (Å²) in [4.78, 5) is 14.2. The van der Waals surface area contributed by atoms with Crippen LogP contribution in [0.2, 0.25) is 0 Å². The van der Waals surface area contributed by atoms with E-state index in [0.717, 1.165) is 18.6 Å². The van der Waals surface area contributed by atoms with Gasteiger partial charge in [0.1, 0.15) is 5.75 Å². The van der Waals surface area contributed by atoms with Gasteiger partial charge in [-0.05, 0) is 51.0 Å².